The number of ether oxygens (including phenoxy) is 1. The van der Waals surface area contributed by atoms with Crippen LogP contribution in [0.2, 0.25) is 0 Å². The number of carbonyl (C=O) groups excluding carboxylic acids is 1. The average molecular weight is 290 g/mol. The Bertz CT molecular complexity index is 503. The van der Waals surface area contributed by atoms with Crippen molar-refractivity contribution in [2.75, 3.05) is 18.9 Å². The third-order valence-electron chi connectivity index (χ3n) is 2.05. The number of para-hydroxylation sites is 2. The Labute approximate surface area is 112 Å². The molecule has 0 saturated heterocycles. The second-order valence-electron chi connectivity index (χ2n) is 3.54. The number of guanidine groups is 1. The van der Waals surface area contributed by atoms with Crippen LogP contribution in [0.25, 0.3) is 0 Å². The largest absolute Gasteiger partial charge is 0.573 e. The first-order valence-electron chi connectivity index (χ1n) is 5.44. The van der Waals surface area contributed by atoms with E-state index in [0.717, 1.165) is 6.07 Å². The third kappa shape index (κ3) is 5.46. The van der Waals surface area contributed by atoms with E-state index in [2.05, 4.69) is 20.4 Å². The molecule has 6 nitrogen and oxygen atoms in total. The molecule has 0 aliphatic heterocycles. The summed E-state index contributed by atoms with van der Waals surface area (Å²) in [6.07, 6.45) is -4.81. The summed E-state index contributed by atoms with van der Waals surface area (Å²) >= 11 is 0. The third-order valence-corrected chi connectivity index (χ3v) is 2.05. The summed E-state index contributed by atoms with van der Waals surface area (Å²) in [6.45, 7) is -0.238. The van der Waals surface area contributed by atoms with E-state index in [1.807, 2.05) is 0 Å². The monoisotopic (exact) mass is 290 g/mol. The van der Waals surface area contributed by atoms with E-state index < -0.39 is 12.1 Å². The predicted molar refractivity (Wildman–Crippen MR) is 67.3 cm³/mol. The van der Waals surface area contributed by atoms with Gasteiger partial charge in [0.1, 0.15) is 6.54 Å². The lowest BCUT2D eigenvalue weighted by molar-refractivity contribution is -0.274. The Morgan fingerprint density at radius 1 is 1.40 bits per heavy atom. The van der Waals surface area contributed by atoms with Gasteiger partial charge in [0, 0.05) is 7.05 Å². The summed E-state index contributed by atoms with van der Waals surface area (Å²) in [6, 6.07) is 5.34. The fraction of sp³-hybridized carbons (Fsp3) is 0.273. The number of alkyl halides is 3. The highest BCUT2D eigenvalue weighted by Crippen LogP contribution is 2.29. The summed E-state index contributed by atoms with van der Waals surface area (Å²) in [5.74, 6) is -1.03. The quantitative estimate of drug-likeness (QED) is 0.571. The van der Waals surface area contributed by atoms with Gasteiger partial charge in [-0.1, -0.05) is 12.1 Å². The number of aliphatic imine (C=N–C) groups is 1. The topological polar surface area (TPSA) is 88.7 Å². The Morgan fingerprint density at radius 2 is 2.05 bits per heavy atom. The minimum absolute atomic E-state index is 0.0111. The number of carbonyl (C=O) groups is 1. The molecule has 0 atom stereocenters. The van der Waals surface area contributed by atoms with Crippen LogP contribution in [-0.4, -0.2) is 31.8 Å². The first-order chi connectivity index (χ1) is 9.31. The van der Waals surface area contributed by atoms with E-state index in [1.165, 1.54) is 25.2 Å². The van der Waals surface area contributed by atoms with E-state index in [9.17, 15) is 18.0 Å². The number of likely N-dealkylation sites (N-methyl/N-ethyl adjacent to an activating group) is 1. The van der Waals surface area contributed by atoms with Gasteiger partial charge in [-0.2, -0.15) is 0 Å². The summed E-state index contributed by atoms with van der Waals surface area (Å²) < 4.78 is 40.4. The first kappa shape index (κ1) is 15.6. The molecule has 0 unspecified atom stereocenters. The van der Waals surface area contributed by atoms with Crippen LogP contribution in [0, 0.1) is 0 Å². The lowest BCUT2D eigenvalue weighted by atomic mass is 10.3. The van der Waals surface area contributed by atoms with Crippen LogP contribution in [0.5, 0.6) is 5.75 Å². The van der Waals surface area contributed by atoms with Crippen LogP contribution in [0.4, 0.5) is 18.9 Å². The molecule has 0 bridgehead atoms. The molecule has 0 heterocycles. The Hall–Kier alpha value is -2.45. The normalized spacial score (nSPS) is 11.9. The molecule has 9 heteroatoms. The van der Waals surface area contributed by atoms with Gasteiger partial charge in [0.15, 0.2) is 11.7 Å². The van der Waals surface area contributed by atoms with Gasteiger partial charge in [0.2, 0.25) is 5.91 Å². The number of halogens is 3. The van der Waals surface area contributed by atoms with Crippen molar-refractivity contribution >= 4 is 17.6 Å². The zero-order valence-electron chi connectivity index (χ0n) is 10.5. The molecule has 1 rings (SSSR count). The molecule has 0 fully saturated rings. The number of nitrogens with one attached hydrogen (secondary N) is 2. The van der Waals surface area contributed by atoms with Crippen LogP contribution < -0.4 is 21.1 Å². The molecular weight excluding hydrogens is 277 g/mol. The second kappa shape index (κ2) is 6.64. The molecular formula is C11H13F3N4O2. The predicted octanol–water partition coefficient (Wildman–Crippen LogP) is 1.06. The van der Waals surface area contributed by atoms with E-state index in [1.54, 1.807) is 0 Å². The van der Waals surface area contributed by atoms with Crippen molar-refractivity contribution < 1.29 is 22.7 Å². The van der Waals surface area contributed by atoms with Gasteiger partial charge in [0.05, 0.1) is 5.69 Å². The highest BCUT2D eigenvalue weighted by atomic mass is 19.4. The zero-order valence-corrected chi connectivity index (χ0v) is 10.5. The Balaban J connectivity index is 2.79. The maximum atomic E-state index is 12.2. The summed E-state index contributed by atoms with van der Waals surface area (Å²) in [7, 11) is 1.42. The lowest BCUT2D eigenvalue weighted by Crippen LogP contribution is -2.27. The molecule has 20 heavy (non-hydrogen) atoms. The van der Waals surface area contributed by atoms with Crippen LogP contribution in [-0.2, 0) is 4.79 Å². The summed E-state index contributed by atoms with van der Waals surface area (Å²) in [5.41, 5.74) is 5.45. The standard InChI is InChI=1S/C11H13F3N4O2/c1-16-9(19)6-17-10(15)18-7-4-2-3-5-8(7)20-11(12,13)14/h2-5H,6H2,1H3,(H,16,19)(H3,15,17,18). The average Bonchev–Trinajstić information content (AvgIpc) is 2.36. The van der Waals surface area contributed by atoms with Crippen molar-refractivity contribution in [1.29, 1.82) is 0 Å². The smallest absolute Gasteiger partial charge is 0.404 e. The van der Waals surface area contributed by atoms with Gasteiger partial charge in [0.25, 0.3) is 0 Å². The molecule has 110 valence electrons. The van der Waals surface area contributed by atoms with Crippen molar-refractivity contribution in [2.45, 2.75) is 6.36 Å². The minimum Gasteiger partial charge on any atom is -0.404 e. The highest BCUT2D eigenvalue weighted by molar-refractivity contribution is 5.95. The Morgan fingerprint density at radius 3 is 2.65 bits per heavy atom. The lowest BCUT2D eigenvalue weighted by Gasteiger charge is -2.14. The summed E-state index contributed by atoms with van der Waals surface area (Å²) in [5, 5.41) is 4.76. The van der Waals surface area contributed by atoms with Crippen molar-refractivity contribution in [3.63, 3.8) is 0 Å². The zero-order chi connectivity index (χ0) is 15.2. The van der Waals surface area contributed by atoms with E-state index in [-0.39, 0.29) is 24.1 Å². The number of nitrogens with zero attached hydrogens (tertiary/aromatic N) is 1. The molecule has 1 aromatic carbocycles. The maximum Gasteiger partial charge on any atom is 0.573 e. The van der Waals surface area contributed by atoms with Gasteiger partial charge < -0.3 is 21.1 Å². The maximum absolute atomic E-state index is 12.2. The Kier molecular flexibility index (Phi) is 5.18. The minimum atomic E-state index is -4.81. The van der Waals surface area contributed by atoms with Crippen LogP contribution in [0.1, 0.15) is 0 Å². The van der Waals surface area contributed by atoms with Gasteiger partial charge in [-0.25, -0.2) is 4.99 Å². The SMILES string of the molecule is CNC(=O)CN=C(N)Nc1ccccc1OC(F)(F)F. The van der Waals surface area contributed by atoms with Crippen molar-refractivity contribution in [3.8, 4) is 5.75 Å². The van der Waals surface area contributed by atoms with Gasteiger partial charge in [-0.05, 0) is 12.1 Å². The van der Waals surface area contributed by atoms with Gasteiger partial charge in [-0.15, -0.1) is 13.2 Å². The van der Waals surface area contributed by atoms with E-state index in [0.29, 0.717) is 0 Å². The molecule has 0 aliphatic rings. The number of hydrogen-bond acceptors (Lipinski definition) is 3. The second-order valence-corrected chi connectivity index (χ2v) is 3.54. The van der Waals surface area contributed by atoms with E-state index >= 15 is 0 Å². The van der Waals surface area contributed by atoms with E-state index in [4.69, 9.17) is 5.73 Å². The molecule has 0 saturated carbocycles. The number of hydrogen-bond donors (Lipinski definition) is 3. The molecule has 0 aliphatic carbocycles. The van der Waals surface area contributed by atoms with Crippen LogP contribution in [0.3, 0.4) is 0 Å². The fourth-order valence-corrected chi connectivity index (χ4v) is 1.20. The molecule has 1 amide bonds. The first-order valence-corrected chi connectivity index (χ1v) is 5.44. The van der Waals surface area contributed by atoms with Gasteiger partial charge >= 0.3 is 6.36 Å². The molecule has 0 spiro atoms. The number of anilines is 1. The van der Waals surface area contributed by atoms with Crippen LogP contribution in [0.15, 0.2) is 29.3 Å². The number of nitrogens with two attached hydrogens (primary N) is 1. The van der Waals surface area contributed by atoms with Crippen molar-refractivity contribution in [1.82, 2.24) is 5.32 Å². The highest BCUT2D eigenvalue weighted by Gasteiger charge is 2.32. The molecule has 4 N–H and O–H groups in total. The number of rotatable bonds is 4. The molecule has 0 radical (unpaired) electrons. The molecule has 1 aromatic rings. The van der Waals surface area contributed by atoms with Crippen molar-refractivity contribution in [3.05, 3.63) is 24.3 Å². The number of benzene rings is 1. The fourth-order valence-electron chi connectivity index (χ4n) is 1.20. The molecule has 0 aromatic heterocycles. The van der Waals surface area contributed by atoms with Gasteiger partial charge in [-0.3, -0.25) is 4.79 Å². The summed E-state index contributed by atoms with van der Waals surface area (Å²) in [4.78, 5) is 14.6. The number of amides is 1. The van der Waals surface area contributed by atoms with Crippen LogP contribution >= 0.6 is 0 Å². The van der Waals surface area contributed by atoms with Crippen molar-refractivity contribution in [2.24, 2.45) is 10.7 Å².